The zero-order chi connectivity index (χ0) is 41.3. The number of benzene rings is 4. The van der Waals surface area contributed by atoms with E-state index in [2.05, 4.69) is 23.1 Å². The molecule has 5 heterocycles. The summed E-state index contributed by atoms with van der Waals surface area (Å²) in [6.45, 7) is 7.27. The molecule has 0 aliphatic carbocycles. The van der Waals surface area contributed by atoms with Gasteiger partial charge in [-0.25, -0.2) is 4.68 Å². The van der Waals surface area contributed by atoms with Crippen LogP contribution in [0, 0.1) is 6.92 Å². The van der Waals surface area contributed by atoms with Crippen LogP contribution in [0.1, 0.15) is 68.6 Å². The molecule has 9 rings (SSSR count). The molecule has 3 aliphatic rings. The summed E-state index contributed by atoms with van der Waals surface area (Å²) < 4.78 is 21.4. The topological polar surface area (TPSA) is 94.3 Å². The zero-order valence-electron chi connectivity index (χ0n) is 34.5. The van der Waals surface area contributed by atoms with E-state index in [1.165, 1.54) is 5.56 Å². The lowest BCUT2D eigenvalue weighted by Crippen LogP contribution is -2.52. The van der Waals surface area contributed by atoms with E-state index < -0.39 is 0 Å². The number of halogens is 1. The van der Waals surface area contributed by atoms with Gasteiger partial charge >= 0.3 is 0 Å². The van der Waals surface area contributed by atoms with Crippen LogP contribution in [0.25, 0.3) is 22.2 Å². The molecular formula is C48H51ClN6O5. The molecule has 11 nitrogen and oxygen atoms in total. The van der Waals surface area contributed by atoms with Crippen LogP contribution >= 0.6 is 11.6 Å². The van der Waals surface area contributed by atoms with Gasteiger partial charge in [0.25, 0.3) is 11.8 Å². The maximum atomic E-state index is 15.2. The molecule has 6 aromatic rings. The lowest BCUT2D eigenvalue weighted by molar-refractivity contribution is -0.0366. The quantitative estimate of drug-likeness (QED) is 0.137. The number of carbonyl (C=O) groups excluding carboxylic acids is 2. The largest absolute Gasteiger partial charge is 0.496 e. The summed E-state index contributed by atoms with van der Waals surface area (Å²) in [6.07, 6.45) is 5.57. The third kappa shape index (κ3) is 7.83. The highest BCUT2D eigenvalue weighted by molar-refractivity contribution is 6.31. The number of hydrogen-bond donors (Lipinski definition) is 0. The van der Waals surface area contributed by atoms with Crippen LogP contribution in [0.4, 0.5) is 5.69 Å². The van der Waals surface area contributed by atoms with Crippen LogP contribution in [-0.4, -0.2) is 88.6 Å². The van der Waals surface area contributed by atoms with Gasteiger partial charge in [0.1, 0.15) is 5.75 Å². The van der Waals surface area contributed by atoms with Crippen LogP contribution < -0.4 is 9.64 Å². The van der Waals surface area contributed by atoms with Crippen molar-refractivity contribution < 1.29 is 23.8 Å². The molecule has 12 heteroatoms. The van der Waals surface area contributed by atoms with Crippen LogP contribution in [0.3, 0.4) is 0 Å². The minimum absolute atomic E-state index is 0.0236. The molecule has 0 radical (unpaired) electrons. The summed E-state index contributed by atoms with van der Waals surface area (Å²) in [5, 5.41) is 6.14. The van der Waals surface area contributed by atoms with Crippen molar-refractivity contribution in [2.45, 2.75) is 58.0 Å². The molecule has 2 saturated heterocycles. The second-order valence-electron chi connectivity index (χ2n) is 16.1. The number of fused-ring (bicyclic) bond motifs is 2. The molecule has 1 unspecified atom stereocenters. The van der Waals surface area contributed by atoms with Crippen molar-refractivity contribution >= 4 is 40.0 Å². The fourth-order valence-electron chi connectivity index (χ4n) is 9.10. The van der Waals surface area contributed by atoms with E-state index in [1.807, 2.05) is 101 Å². The van der Waals surface area contributed by atoms with Gasteiger partial charge in [0, 0.05) is 90.0 Å². The van der Waals surface area contributed by atoms with Gasteiger partial charge < -0.3 is 28.6 Å². The smallest absolute Gasteiger partial charge is 0.260 e. The SMILES string of the molecule is COc1ccccc1CN(C(=O)c1cc(-c2cc(Cl)ccc2C(=O)N2Cc3ccccc3C[C@H]2CN2CCOCC2)n(C)c1C)c1ccc2c(cnn2C2CCCCO2)c1. The Bertz CT molecular complexity index is 2540. The Hall–Kier alpha value is -5.46. The maximum Gasteiger partial charge on any atom is 0.260 e. The van der Waals surface area contributed by atoms with Gasteiger partial charge in [-0.2, -0.15) is 5.10 Å². The molecule has 4 aromatic carbocycles. The van der Waals surface area contributed by atoms with E-state index in [4.69, 9.17) is 30.9 Å². The number of aromatic nitrogens is 3. The predicted octanol–water partition coefficient (Wildman–Crippen LogP) is 8.46. The molecule has 2 fully saturated rings. The molecule has 3 aliphatic heterocycles. The molecule has 0 N–H and O–H groups in total. The molecule has 310 valence electrons. The second-order valence-corrected chi connectivity index (χ2v) is 16.5. The lowest BCUT2D eigenvalue weighted by Gasteiger charge is -2.40. The number of nitrogens with zero attached hydrogens (tertiary/aromatic N) is 6. The maximum absolute atomic E-state index is 15.2. The summed E-state index contributed by atoms with van der Waals surface area (Å²) in [5.41, 5.74) is 8.21. The number of rotatable bonds is 10. The Morgan fingerprint density at radius 2 is 1.72 bits per heavy atom. The van der Waals surface area contributed by atoms with E-state index >= 15 is 4.79 Å². The van der Waals surface area contributed by atoms with E-state index in [0.717, 1.165) is 91.0 Å². The third-order valence-electron chi connectivity index (χ3n) is 12.5. The molecule has 2 amide bonds. The van der Waals surface area contributed by atoms with E-state index in [0.29, 0.717) is 47.2 Å². The number of methoxy groups -OCH3 is 1. The van der Waals surface area contributed by atoms with Crippen LogP contribution in [0.5, 0.6) is 5.75 Å². The predicted molar refractivity (Wildman–Crippen MR) is 234 cm³/mol. The Labute approximate surface area is 356 Å². The molecule has 0 spiro atoms. The second kappa shape index (κ2) is 17.3. The van der Waals surface area contributed by atoms with Gasteiger partial charge in [0.05, 0.1) is 44.1 Å². The summed E-state index contributed by atoms with van der Waals surface area (Å²) in [4.78, 5) is 36.4. The fraction of sp³-hybridized carbons (Fsp3) is 0.354. The van der Waals surface area contributed by atoms with Gasteiger partial charge in [-0.05, 0) is 92.3 Å². The number of para-hydroxylation sites is 1. The summed E-state index contributed by atoms with van der Waals surface area (Å²) >= 11 is 6.74. The highest BCUT2D eigenvalue weighted by Gasteiger charge is 2.34. The Kier molecular flexibility index (Phi) is 11.5. The Balaban J connectivity index is 1.08. The average molecular weight is 827 g/mol. The van der Waals surface area contributed by atoms with Crippen molar-refractivity contribution in [1.29, 1.82) is 0 Å². The lowest BCUT2D eigenvalue weighted by atomic mass is 9.92. The standard InChI is InChI=1S/C48H51ClN6O5/c1-32-41(48(57)53(30-35-12-6-7-13-45(35)58-3)38-16-18-43-36(25-38)28-50-55(43)46-14-8-9-21-60-46)27-44(51(32)2)42-26-37(49)15-17-40(42)47(56)54-29-34-11-5-4-10-33(34)24-39(54)31-52-19-22-59-23-20-52/h4-7,10-13,15-18,25-28,39,46H,8-9,14,19-24,29-31H2,1-3H3/t39-,46?/m0/s1. The minimum atomic E-state index is -0.185. The summed E-state index contributed by atoms with van der Waals surface area (Å²) in [6, 6.07) is 29.5. The number of carbonyl (C=O) groups is 2. The first-order chi connectivity index (χ1) is 29.3. The number of hydrogen-bond acceptors (Lipinski definition) is 7. The van der Waals surface area contributed by atoms with Crippen LogP contribution in [-0.2, 0) is 36.0 Å². The Morgan fingerprint density at radius 1 is 0.917 bits per heavy atom. The number of anilines is 1. The molecule has 2 atom stereocenters. The monoisotopic (exact) mass is 826 g/mol. The van der Waals surface area contributed by atoms with Crippen molar-refractivity contribution in [1.82, 2.24) is 24.1 Å². The highest BCUT2D eigenvalue weighted by Crippen LogP contribution is 2.36. The first-order valence-corrected chi connectivity index (χ1v) is 21.3. The van der Waals surface area contributed by atoms with Crippen molar-refractivity contribution in [2.75, 3.05) is 51.5 Å². The molecule has 60 heavy (non-hydrogen) atoms. The zero-order valence-corrected chi connectivity index (χ0v) is 35.2. The molecule has 0 saturated carbocycles. The molecular weight excluding hydrogens is 776 g/mol. The van der Waals surface area contributed by atoms with Gasteiger partial charge in [-0.15, -0.1) is 0 Å². The van der Waals surface area contributed by atoms with Crippen molar-refractivity contribution in [3.8, 4) is 17.0 Å². The summed E-state index contributed by atoms with van der Waals surface area (Å²) in [5.74, 6) is 0.445. The normalized spacial score (nSPS) is 18.4. The van der Waals surface area contributed by atoms with Gasteiger partial charge in [-0.3, -0.25) is 14.5 Å². The molecule has 0 bridgehead atoms. The molecule has 2 aromatic heterocycles. The van der Waals surface area contributed by atoms with Crippen molar-refractivity contribution in [2.24, 2.45) is 7.05 Å². The summed E-state index contributed by atoms with van der Waals surface area (Å²) in [7, 11) is 3.58. The van der Waals surface area contributed by atoms with Gasteiger partial charge in [-0.1, -0.05) is 54.1 Å². The first kappa shape index (κ1) is 40.0. The number of morpholine rings is 1. The number of ether oxygens (including phenoxy) is 3. The van der Waals surface area contributed by atoms with Crippen LogP contribution in [0.2, 0.25) is 5.02 Å². The minimum Gasteiger partial charge on any atom is -0.496 e. The van der Waals surface area contributed by atoms with E-state index in [9.17, 15) is 4.79 Å². The third-order valence-corrected chi connectivity index (χ3v) is 12.8. The Morgan fingerprint density at radius 3 is 2.52 bits per heavy atom. The van der Waals surface area contributed by atoms with Crippen molar-refractivity contribution in [3.63, 3.8) is 0 Å². The first-order valence-electron chi connectivity index (χ1n) is 20.9. The fourth-order valence-corrected chi connectivity index (χ4v) is 9.27. The van der Waals surface area contributed by atoms with Gasteiger partial charge in [0.2, 0.25) is 0 Å². The number of amides is 2. The van der Waals surface area contributed by atoms with Crippen molar-refractivity contribution in [3.05, 3.63) is 136 Å². The highest BCUT2D eigenvalue weighted by atomic mass is 35.5. The van der Waals surface area contributed by atoms with E-state index in [1.54, 1.807) is 18.1 Å². The van der Waals surface area contributed by atoms with Crippen LogP contribution in [0.15, 0.2) is 97.2 Å². The van der Waals surface area contributed by atoms with Gasteiger partial charge in [0.15, 0.2) is 6.23 Å². The van der Waals surface area contributed by atoms with E-state index in [-0.39, 0.29) is 30.6 Å². The average Bonchev–Trinajstić information content (AvgIpc) is 3.85.